The van der Waals surface area contributed by atoms with E-state index in [-0.39, 0.29) is 12.4 Å². The van der Waals surface area contributed by atoms with Gasteiger partial charge >= 0.3 is 0 Å². The summed E-state index contributed by atoms with van der Waals surface area (Å²) in [5.74, 6) is 0. The zero-order valence-corrected chi connectivity index (χ0v) is 3.80. The molecule has 0 nitrogen and oxygen atoms in total. The molecule has 4 heavy (non-hydrogen) atoms. The second-order valence-electron chi connectivity index (χ2n) is 0.577. The first-order valence-electron chi connectivity index (χ1n) is 1.15. The first kappa shape index (κ1) is 8.84. The summed E-state index contributed by atoms with van der Waals surface area (Å²) in [6.07, 6.45) is 0. The molecule has 0 aliphatic rings. The number of hydrogen-bond donors (Lipinski definition) is 0. The van der Waals surface area contributed by atoms with Gasteiger partial charge in [-0.25, -0.2) is 0 Å². The molecule has 0 aromatic heterocycles. The maximum atomic E-state index is 2.00. The third kappa shape index (κ3) is 34.3. The smallest absolute Gasteiger partial charge is 0.102 e. The minimum absolute atomic E-state index is 0. The molecule has 0 heterocycles. The van der Waals surface area contributed by atoms with E-state index < -0.39 is 0 Å². The first-order chi connectivity index (χ1) is 1.41. The number of rotatable bonds is 0. The van der Waals surface area contributed by atoms with Crippen LogP contribution in [0.2, 0.25) is 13.6 Å². The molecule has 0 aromatic carbocycles. The van der Waals surface area contributed by atoms with Crippen molar-refractivity contribution in [2.75, 3.05) is 0 Å². The van der Waals surface area contributed by atoms with Gasteiger partial charge < -0.3 is 0 Å². The fourth-order valence-corrected chi connectivity index (χ4v) is 0. The molecule has 2 heteroatoms. The van der Waals surface area contributed by atoms with Crippen LogP contribution in [0, 0.1) is 0 Å². The van der Waals surface area contributed by atoms with Crippen molar-refractivity contribution in [3.8, 4) is 0 Å². The van der Waals surface area contributed by atoms with Gasteiger partial charge in [0.1, 0.15) is 7.28 Å². The topological polar surface area (TPSA) is 0 Å². The summed E-state index contributed by atoms with van der Waals surface area (Å²) in [5.41, 5.74) is 0. The van der Waals surface area contributed by atoms with Crippen LogP contribution >= 0.6 is 12.4 Å². The van der Waals surface area contributed by atoms with Crippen LogP contribution in [0.5, 0.6) is 0 Å². The lowest BCUT2D eigenvalue weighted by Gasteiger charge is -1.41. The standard InChI is InChI=1S/C2H6B.ClH/c1-3-2;/h1-2H3;1H. The van der Waals surface area contributed by atoms with E-state index >= 15 is 0 Å². The van der Waals surface area contributed by atoms with Crippen molar-refractivity contribution in [2.45, 2.75) is 13.6 Å². The average molecular weight is 77.3 g/mol. The molecule has 0 fully saturated rings. The molecule has 25 valence electrons. The van der Waals surface area contributed by atoms with E-state index in [2.05, 4.69) is 0 Å². The molecule has 0 aliphatic heterocycles. The van der Waals surface area contributed by atoms with Crippen LogP contribution in [-0.2, 0) is 0 Å². The van der Waals surface area contributed by atoms with E-state index in [1.807, 2.05) is 20.9 Å². The van der Waals surface area contributed by atoms with E-state index in [1.54, 1.807) is 0 Å². The second kappa shape index (κ2) is 10.1. The summed E-state index contributed by atoms with van der Waals surface area (Å²) in [6, 6.07) is 0. The van der Waals surface area contributed by atoms with Crippen molar-refractivity contribution < 1.29 is 0 Å². The Labute approximate surface area is 34.2 Å². The van der Waals surface area contributed by atoms with Crippen LogP contribution < -0.4 is 0 Å². The van der Waals surface area contributed by atoms with Gasteiger partial charge in [-0.05, 0) is 0 Å². The van der Waals surface area contributed by atoms with Gasteiger partial charge in [0.15, 0.2) is 0 Å². The van der Waals surface area contributed by atoms with Crippen molar-refractivity contribution in [2.24, 2.45) is 0 Å². The van der Waals surface area contributed by atoms with Crippen LogP contribution in [-0.4, -0.2) is 7.28 Å². The molecular formula is C2H7BCl. The van der Waals surface area contributed by atoms with E-state index in [0.717, 1.165) is 0 Å². The molecule has 0 spiro atoms. The van der Waals surface area contributed by atoms with E-state index in [1.165, 1.54) is 0 Å². The van der Waals surface area contributed by atoms with Crippen LogP contribution in [0.15, 0.2) is 0 Å². The maximum absolute atomic E-state index is 2.00. The minimum Gasteiger partial charge on any atom is -0.147 e. The first-order valence-corrected chi connectivity index (χ1v) is 1.15. The molecular weight excluding hydrogens is 70.3 g/mol. The monoisotopic (exact) mass is 77.0 g/mol. The predicted molar refractivity (Wildman–Crippen MR) is 24.7 cm³/mol. The Hall–Kier alpha value is 0.355. The second-order valence-corrected chi connectivity index (χ2v) is 0.577. The zero-order chi connectivity index (χ0) is 2.71. The van der Waals surface area contributed by atoms with Crippen LogP contribution in [0.1, 0.15) is 0 Å². The zero-order valence-electron chi connectivity index (χ0n) is 2.99. The van der Waals surface area contributed by atoms with Gasteiger partial charge in [0, 0.05) is 0 Å². The van der Waals surface area contributed by atoms with Crippen LogP contribution in [0.25, 0.3) is 0 Å². The number of halogens is 1. The Morgan fingerprint density at radius 1 is 1.25 bits per heavy atom. The SMILES string of the molecule is C[B]C.Cl. The lowest BCUT2D eigenvalue weighted by atomic mass is 9.88. The highest BCUT2D eigenvalue weighted by molar-refractivity contribution is 6.31. The summed E-state index contributed by atoms with van der Waals surface area (Å²) in [6.45, 7) is 4.00. The fraction of sp³-hybridized carbons (Fsp3) is 1.00. The van der Waals surface area contributed by atoms with Gasteiger partial charge in [-0.15, -0.1) is 12.4 Å². The molecule has 0 amide bonds. The van der Waals surface area contributed by atoms with Gasteiger partial charge in [-0.1, -0.05) is 13.6 Å². The van der Waals surface area contributed by atoms with Gasteiger partial charge in [0.25, 0.3) is 0 Å². The normalized spacial score (nSPS) is 3.50. The summed E-state index contributed by atoms with van der Waals surface area (Å²) >= 11 is 0. The molecule has 0 atom stereocenters. The molecule has 0 rings (SSSR count). The van der Waals surface area contributed by atoms with Crippen molar-refractivity contribution in [3.63, 3.8) is 0 Å². The summed E-state index contributed by atoms with van der Waals surface area (Å²) < 4.78 is 0. The maximum Gasteiger partial charge on any atom is 0.102 e. The lowest BCUT2D eigenvalue weighted by Crippen LogP contribution is -1.53. The molecule has 0 saturated heterocycles. The minimum atomic E-state index is 0. The van der Waals surface area contributed by atoms with E-state index in [0.29, 0.717) is 0 Å². The Morgan fingerprint density at radius 2 is 1.25 bits per heavy atom. The molecule has 0 bridgehead atoms. The Bertz CT molecular complexity index is 6.00. The molecule has 0 aliphatic carbocycles. The third-order valence-corrected chi connectivity index (χ3v) is 0. The highest BCUT2D eigenvalue weighted by Gasteiger charge is 1.42. The summed E-state index contributed by atoms with van der Waals surface area (Å²) in [7, 11) is 2.00. The highest BCUT2D eigenvalue weighted by atomic mass is 35.5. The van der Waals surface area contributed by atoms with Crippen molar-refractivity contribution in [3.05, 3.63) is 0 Å². The molecule has 1 radical (unpaired) electrons. The van der Waals surface area contributed by atoms with E-state index in [4.69, 9.17) is 0 Å². The van der Waals surface area contributed by atoms with Crippen LogP contribution in [0.4, 0.5) is 0 Å². The molecule has 0 saturated carbocycles. The average Bonchev–Trinajstić information content (AvgIpc) is 0.918. The van der Waals surface area contributed by atoms with Gasteiger partial charge in [-0.2, -0.15) is 0 Å². The highest BCUT2D eigenvalue weighted by Crippen LogP contribution is 1.36. The summed E-state index contributed by atoms with van der Waals surface area (Å²) in [4.78, 5) is 0. The van der Waals surface area contributed by atoms with E-state index in [9.17, 15) is 0 Å². The molecule has 0 N–H and O–H groups in total. The summed E-state index contributed by atoms with van der Waals surface area (Å²) in [5, 5.41) is 0. The third-order valence-electron chi connectivity index (χ3n) is 0. The lowest BCUT2D eigenvalue weighted by molar-refractivity contribution is 2.14. The molecule has 0 aromatic rings. The van der Waals surface area contributed by atoms with Gasteiger partial charge in [0.2, 0.25) is 0 Å². The quantitative estimate of drug-likeness (QED) is 0.381. The predicted octanol–water partition coefficient (Wildman–Crippen LogP) is 1.21. The van der Waals surface area contributed by atoms with Gasteiger partial charge in [-0.3, -0.25) is 0 Å². The Morgan fingerprint density at radius 3 is 1.25 bits per heavy atom. The van der Waals surface area contributed by atoms with Crippen molar-refractivity contribution in [1.82, 2.24) is 0 Å². The van der Waals surface area contributed by atoms with Crippen molar-refractivity contribution in [1.29, 1.82) is 0 Å². The Kier molecular flexibility index (Phi) is 22.4. The number of hydrogen-bond acceptors (Lipinski definition) is 0. The Balaban J connectivity index is 0. The van der Waals surface area contributed by atoms with Crippen molar-refractivity contribution >= 4 is 19.7 Å². The molecule has 0 unspecified atom stereocenters. The van der Waals surface area contributed by atoms with Gasteiger partial charge in [0.05, 0.1) is 0 Å². The fourth-order valence-electron chi connectivity index (χ4n) is 0. The van der Waals surface area contributed by atoms with Crippen LogP contribution in [0.3, 0.4) is 0 Å². The largest absolute Gasteiger partial charge is 0.147 e.